The zero-order valence-corrected chi connectivity index (χ0v) is 24.2. The number of Topliss-reactive ketones (excluding diaryl/α,β-unsaturated/α-hetero) is 2. The fourth-order valence-corrected chi connectivity index (χ4v) is 8.46. The molecule has 13 nitrogen and oxygen atoms in total. The molecule has 0 unspecified atom stereocenters. The number of hydrogen-bond donors (Lipinski definition) is 5. The second kappa shape index (κ2) is 9.78. The van der Waals surface area contributed by atoms with E-state index in [0.29, 0.717) is 11.1 Å². The molecule has 3 aliphatic rings. The molecule has 1 aromatic heterocycles. The summed E-state index contributed by atoms with van der Waals surface area (Å²) in [6.07, 6.45) is -0.0160. The average Bonchev–Trinajstić information content (AvgIpc) is 3.23. The fraction of sp³-hybridized carbons (Fsp3) is 0.429. The Morgan fingerprint density at radius 3 is 2.43 bits per heavy atom. The van der Waals surface area contributed by atoms with Gasteiger partial charge in [-0.1, -0.05) is 11.2 Å². The van der Waals surface area contributed by atoms with Gasteiger partial charge in [0.2, 0.25) is 5.78 Å². The van der Waals surface area contributed by atoms with E-state index in [1.165, 1.54) is 45.0 Å². The van der Waals surface area contributed by atoms with Gasteiger partial charge in [-0.25, -0.2) is 8.42 Å². The number of benzene rings is 1. The Morgan fingerprint density at radius 2 is 1.86 bits per heavy atom. The molecule has 1 fully saturated rings. The maximum atomic E-state index is 13.9. The van der Waals surface area contributed by atoms with Gasteiger partial charge in [0.15, 0.2) is 27.0 Å². The van der Waals surface area contributed by atoms with Crippen molar-refractivity contribution in [2.45, 2.75) is 49.6 Å². The number of aromatic nitrogens is 1. The number of nitrogens with two attached hydrogens (primary N) is 1. The predicted octanol–water partition coefficient (Wildman–Crippen LogP) is 0.585. The van der Waals surface area contributed by atoms with Crippen LogP contribution in [-0.4, -0.2) is 87.9 Å². The van der Waals surface area contributed by atoms with Gasteiger partial charge in [0.1, 0.15) is 27.7 Å². The Morgan fingerprint density at radius 1 is 1.19 bits per heavy atom. The van der Waals surface area contributed by atoms with E-state index in [2.05, 4.69) is 5.16 Å². The average molecular weight is 602 g/mol. The van der Waals surface area contributed by atoms with Crippen molar-refractivity contribution in [1.82, 2.24) is 10.1 Å². The first-order valence-electron chi connectivity index (χ1n) is 13.2. The number of likely N-dealkylation sites (N-methyl/N-ethyl adjacent to an activating group) is 1. The second-order valence-corrected chi connectivity index (χ2v) is 13.3. The first kappa shape index (κ1) is 29.5. The number of aliphatic hydroxyl groups excluding tert-OH is 2. The number of aryl methyl sites for hydroxylation is 3. The number of ketones is 2. The summed E-state index contributed by atoms with van der Waals surface area (Å²) >= 11 is 0. The molecule has 5 rings (SSSR count). The van der Waals surface area contributed by atoms with Crippen LogP contribution in [0.4, 0.5) is 0 Å². The van der Waals surface area contributed by atoms with Crippen LogP contribution < -0.4 is 5.73 Å². The molecule has 0 bridgehead atoms. The predicted molar refractivity (Wildman–Crippen MR) is 146 cm³/mol. The third-order valence-electron chi connectivity index (χ3n) is 8.62. The summed E-state index contributed by atoms with van der Waals surface area (Å²) in [5, 5.41) is 48.4. The molecule has 4 atom stereocenters. The molecule has 42 heavy (non-hydrogen) atoms. The molecule has 224 valence electrons. The van der Waals surface area contributed by atoms with Crippen LogP contribution in [0.3, 0.4) is 0 Å². The summed E-state index contributed by atoms with van der Waals surface area (Å²) in [5.41, 5.74) is 2.48. The number of phenols is 1. The van der Waals surface area contributed by atoms with E-state index >= 15 is 0 Å². The number of nitrogens with zero attached hydrogens (tertiary/aromatic N) is 2. The maximum Gasteiger partial charge on any atom is 0.255 e. The van der Waals surface area contributed by atoms with Crippen LogP contribution in [0.25, 0.3) is 5.76 Å². The fourth-order valence-electron chi connectivity index (χ4n) is 6.81. The number of fused-ring (bicyclic) bond motifs is 3. The van der Waals surface area contributed by atoms with Crippen LogP contribution in [0.2, 0.25) is 0 Å². The summed E-state index contributed by atoms with van der Waals surface area (Å²) < 4.78 is 31.3. The second-order valence-electron chi connectivity index (χ2n) is 11.3. The van der Waals surface area contributed by atoms with E-state index in [4.69, 9.17) is 10.3 Å². The van der Waals surface area contributed by atoms with E-state index in [1.54, 1.807) is 0 Å². The monoisotopic (exact) mass is 601 g/mol. The van der Waals surface area contributed by atoms with Crippen LogP contribution in [-0.2, 0) is 37.1 Å². The lowest BCUT2D eigenvalue weighted by Crippen LogP contribution is -2.65. The lowest BCUT2D eigenvalue weighted by Gasteiger charge is -2.50. The van der Waals surface area contributed by atoms with Gasteiger partial charge in [0.05, 0.1) is 23.1 Å². The number of carbonyl (C=O) groups excluding carboxylic acids is 3. The maximum absolute atomic E-state index is 13.9. The summed E-state index contributed by atoms with van der Waals surface area (Å²) in [7, 11) is -0.784. The lowest BCUT2D eigenvalue weighted by molar-refractivity contribution is -0.153. The molecular weight excluding hydrogens is 570 g/mol. The highest BCUT2D eigenvalue weighted by Gasteiger charge is 2.64. The summed E-state index contributed by atoms with van der Waals surface area (Å²) in [4.78, 5) is 40.7. The van der Waals surface area contributed by atoms with Crippen LogP contribution in [0.5, 0.6) is 5.75 Å². The third-order valence-corrected chi connectivity index (χ3v) is 10.6. The van der Waals surface area contributed by atoms with Gasteiger partial charge in [0, 0.05) is 11.5 Å². The number of carbonyl (C=O) groups is 3. The summed E-state index contributed by atoms with van der Waals surface area (Å²) in [6.45, 7) is 3.02. The smallest absolute Gasteiger partial charge is 0.255 e. The number of hydrogen-bond acceptors (Lipinski definition) is 12. The molecule has 0 saturated heterocycles. The minimum Gasteiger partial charge on any atom is -0.508 e. The number of amides is 1. The normalized spacial score (nSPS) is 25.9. The van der Waals surface area contributed by atoms with Crippen LogP contribution >= 0.6 is 0 Å². The number of phenolic OH excluding ortho intramolecular Hbond substituents is 1. The number of aromatic hydroxyl groups is 1. The minimum absolute atomic E-state index is 0.00257. The molecule has 1 aromatic carbocycles. The minimum atomic E-state index is -3.82. The number of rotatable bonds is 6. The van der Waals surface area contributed by atoms with E-state index in [0.717, 1.165) is 0 Å². The summed E-state index contributed by atoms with van der Waals surface area (Å²) in [6, 6.07) is 1.60. The SMILES string of the molecule is Cc1noc(C)c1S(=O)(=O)CCc1ccc(O)c2c1C[C@@H]1C[C@@H]3[C@@H](N(C)C)C(=O)C(C(N)=O)=C(O)[C@@]3(O)C(=O)C1=C2O. The van der Waals surface area contributed by atoms with Gasteiger partial charge in [-0.3, -0.25) is 19.3 Å². The highest BCUT2D eigenvalue weighted by atomic mass is 32.2. The quantitative estimate of drug-likeness (QED) is 0.287. The van der Waals surface area contributed by atoms with Gasteiger partial charge >= 0.3 is 0 Å². The van der Waals surface area contributed by atoms with E-state index in [-0.39, 0.29) is 58.3 Å². The molecule has 14 heteroatoms. The van der Waals surface area contributed by atoms with E-state index < -0.39 is 67.9 Å². The third kappa shape index (κ3) is 4.07. The molecule has 0 aliphatic heterocycles. The molecule has 0 radical (unpaired) electrons. The first-order valence-corrected chi connectivity index (χ1v) is 14.8. The van der Waals surface area contributed by atoms with E-state index in [9.17, 15) is 43.2 Å². The molecule has 0 spiro atoms. The Kier molecular flexibility index (Phi) is 6.87. The van der Waals surface area contributed by atoms with Gasteiger partial charge in [-0.05, 0) is 70.3 Å². The first-order chi connectivity index (χ1) is 19.5. The highest BCUT2D eigenvalue weighted by Crippen LogP contribution is 2.53. The van der Waals surface area contributed by atoms with Crippen molar-refractivity contribution in [2.75, 3.05) is 19.8 Å². The standard InChI is InChI=1S/C28H31N3O10S/c1-11-24(12(2)41-30-11)42(39,40)8-7-13-5-6-17(32)19-15(13)9-14-10-16-21(31(3)4)23(34)20(27(29)37)26(36)28(16,38)25(35)18(14)22(19)33/h5-6,14,16,21,32-33,36,38H,7-10H2,1-4H3,(H2,29,37)/t14-,16-,21-,28+/m1/s1. The largest absolute Gasteiger partial charge is 0.508 e. The van der Waals surface area contributed by atoms with Crippen molar-refractivity contribution in [2.24, 2.45) is 17.6 Å². The van der Waals surface area contributed by atoms with Crippen LogP contribution in [0.1, 0.15) is 34.6 Å². The molecule has 1 amide bonds. The molecule has 2 aromatic rings. The van der Waals surface area contributed by atoms with Crippen molar-refractivity contribution in [3.8, 4) is 5.75 Å². The zero-order chi connectivity index (χ0) is 31.0. The number of sulfone groups is 1. The Bertz CT molecular complexity index is 1720. The van der Waals surface area contributed by atoms with E-state index in [1.807, 2.05) is 0 Å². The van der Waals surface area contributed by atoms with Crippen molar-refractivity contribution >= 4 is 33.1 Å². The van der Waals surface area contributed by atoms with Gasteiger partial charge in [0.25, 0.3) is 5.91 Å². The van der Waals surface area contributed by atoms with Crippen molar-refractivity contribution in [3.05, 3.63) is 57.2 Å². The topological polar surface area (TPSA) is 222 Å². The van der Waals surface area contributed by atoms with Gasteiger partial charge in [-0.15, -0.1) is 0 Å². The van der Waals surface area contributed by atoms with Gasteiger partial charge in [-0.2, -0.15) is 0 Å². The zero-order valence-electron chi connectivity index (χ0n) is 23.3. The van der Waals surface area contributed by atoms with Gasteiger partial charge < -0.3 is 30.7 Å². The number of aliphatic hydroxyl groups is 3. The molecule has 3 aliphatic carbocycles. The molecular formula is C28H31N3O10S. The molecule has 6 N–H and O–H groups in total. The Labute approximate surface area is 240 Å². The summed E-state index contributed by atoms with van der Waals surface area (Å²) in [5.74, 6) is -7.61. The number of primary amides is 1. The van der Waals surface area contributed by atoms with Crippen molar-refractivity contribution < 1.29 is 47.8 Å². The van der Waals surface area contributed by atoms with Crippen molar-refractivity contribution in [3.63, 3.8) is 0 Å². The lowest BCUT2D eigenvalue weighted by atomic mass is 9.57. The Balaban J connectivity index is 1.61. The van der Waals surface area contributed by atoms with Crippen LogP contribution in [0.15, 0.2) is 38.5 Å². The van der Waals surface area contributed by atoms with Crippen molar-refractivity contribution in [1.29, 1.82) is 0 Å². The highest BCUT2D eigenvalue weighted by molar-refractivity contribution is 7.91. The van der Waals surface area contributed by atoms with Crippen LogP contribution in [0, 0.1) is 25.7 Å². The molecule has 1 saturated carbocycles. The molecule has 1 heterocycles. The Hall–Kier alpha value is -4.01.